The molecule has 0 unspecified atom stereocenters. The van der Waals surface area contributed by atoms with Crippen LogP contribution in [-0.4, -0.2) is 79.1 Å². The molecule has 1 aliphatic heterocycles. The van der Waals surface area contributed by atoms with Crippen LogP contribution < -0.4 is 5.32 Å². The van der Waals surface area contributed by atoms with Crippen molar-refractivity contribution < 1.29 is 9.59 Å². The highest BCUT2D eigenvalue weighted by Crippen LogP contribution is 2.19. The highest BCUT2D eigenvalue weighted by Gasteiger charge is 2.23. The maximum Gasteiger partial charge on any atom is 0.238 e. The molecule has 0 radical (unpaired) electrons. The van der Waals surface area contributed by atoms with Gasteiger partial charge in [0, 0.05) is 43.3 Å². The van der Waals surface area contributed by atoms with Gasteiger partial charge in [0.2, 0.25) is 11.8 Å². The molecule has 1 heterocycles. The van der Waals surface area contributed by atoms with Crippen molar-refractivity contribution >= 4 is 29.3 Å². The highest BCUT2D eigenvalue weighted by atomic mass is 32.2. The van der Waals surface area contributed by atoms with Crippen LogP contribution in [-0.2, 0) is 16.1 Å². The van der Waals surface area contributed by atoms with Crippen LogP contribution >= 0.6 is 11.8 Å². The van der Waals surface area contributed by atoms with Gasteiger partial charge in [-0.2, -0.15) is 0 Å². The zero-order chi connectivity index (χ0) is 23.1. The average Bonchev–Trinajstić information content (AvgIpc) is 2.77. The molecule has 0 saturated carbocycles. The van der Waals surface area contributed by atoms with Crippen molar-refractivity contribution in [2.75, 3.05) is 57.9 Å². The van der Waals surface area contributed by atoms with Gasteiger partial charge in [-0.1, -0.05) is 30.3 Å². The number of nitrogens with zero attached hydrogens (tertiary/aromatic N) is 3. The van der Waals surface area contributed by atoms with Crippen molar-refractivity contribution in [3.05, 3.63) is 59.2 Å². The monoisotopic (exact) mass is 454 g/mol. The Morgan fingerprint density at radius 3 is 2.22 bits per heavy atom. The van der Waals surface area contributed by atoms with E-state index in [-0.39, 0.29) is 11.8 Å². The molecule has 0 aromatic heterocycles. The fourth-order valence-electron chi connectivity index (χ4n) is 3.98. The summed E-state index contributed by atoms with van der Waals surface area (Å²) in [5, 5.41) is 3.05. The number of piperazine rings is 1. The van der Waals surface area contributed by atoms with Gasteiger partial charge in [-0.3, -0.25) is 19.4 Å². The van der Waals surface area contributed by atoms with Crippen molar-refractivity contribution in [3.8, 4) is 0 Å². The fourth-order valence-corrected chi connectivity index (χ4v) is 4.39. The number of nitrogens with one attached hydrogen (secondary N) is 1. The number of para-hydroxylation sites is 1. The first-order chi connectivity index (χ1) is 15.4. The molecule has 1 aliphatic rings. The van der Waals surface area contributed by atoms with E-state index in [1.807, 2.05) is 44.0 Å². The van der Waals surface area contributed by atoms with Crippen LogP contribution in [0.3, 0.4) is 0 Å². The molecule has 0 bridgehead atoms. The third-order valence-electron chi connectivity index (χ3n) is 5.85. The topological polar surface area (TPSA) is 55.9 Å². The number of hydrogen-bond donors (Lipinski definition) is 1. The Morgan fingerprint density at radius 2 is 1.62 bits per heavy atom. The zero-order valence-corrected chi connectivity index (χ0v) is 20.4. The van der Waals surface area contributed by atoms with Crippen LogP contribution in [0.25, 0.3) is 0 Å². The number of amides is 2. The van der Waals surface area contributed by atoms with Crippen LogP contribution in [0.1, 0.15) is 16.7 Å². The molecule has 2 aromatic rings. The first-order valence-electron chi connectivity index (χ1n) is 11.0. The lowest BCUT2D eigenvalue weighted by molar-refractivity contribution is -0.134. The summed E-state index contributed by atoms with van der Waals surface area (Å²) in [7, 11) is 1.98. The molecule has 1 fully saturated rings. The van der Waals surface area contributed by atoms with E-state index in [1.54, 1.807) is 11.8 Å². The van der Waals surface area contributed by atoms with E-state index in [0.29, 0.717) is 39.3 Å². The molecule has 0 aliphatic carbocycles. The lowest BCUT2D eigenvalue weighted by Gasteiger charge is -2.35. The molecule has 7 heteroatoms. The number of anilines is 1. The fraction of sp³-hybridized carbons (Fsp3) is 0.440. The summed E-state index contributed by atoms with van der Waals surface area (Å²) in [6.07, 6.45) is 2.07. The SMILES string of the molecule is CSc1ccc(CN(C)CC(=O)N2CCN(CC(=O)Nc3c(C)cccc3C)CC2)cc1. The molecule has 6 nitrogen and oxygen atoms in total. The minimum Gasteiger partial charge on any atom is -0.339 e. The van der Waals surface area contributed by atoms with E-state index in [1.165, 1.54) is 10.5 Å². The summed E-state index contributed by atoms with van der Waals surface area (Å²) in [4.78, 5) is 32.6. The van der Waals surface area contributed by atoms with Crippen molar-refractivity contribution in [1.82, 2.24) is 14.7 Å². The second-order valence-electron chi connectivity index (χ2n) is 8.49. The van der Waals surface area contributed by atoms with E-state index in [9.17, 15) is 9.59 Å². The molecule has 3 rings (SSSR count). The summed E-state index contributed by atoms with van der Waals surface area (Å²) >= 11 is 1.73. The zero-order valence-electron chi connectivity index (χ0n) is 19.6. The van der Waals surface area contributed by atoms with Crippen LogP contribution in [0.5, 0.6) is 0 Å². The lowest BCUT2D eigenvalue weighted by atomic mass is 10.1. The van der Waals surface area contributed by atoms with E-state index in [2.05, 4.69) is 45.6 Å². The first-order valence-corrected chi connectivity index (χ1v) is 12.3. The normalized spacial score (nSPS) is 14.6. The predicted molar refractivity (Wildman–Crippen MR) is 132 cm³/mol. The second-order valence-corrected chi connectivity index (χ2v) is 9.37. The van der Waals surface area contributed by atoms with Gasteiger partial charge in [0.1, 0.15) is 0 Å². The van der Waals surface area contributed by atoms with Gasteiger partial charge >= 0.3 is 0 Å². The molecular formula is C25H34N4O2S. The van der Waals surface area contributed by atoms with Crippen molar-refractivity contribution in [2.45, 2.75) is 25.3 Å². The Balaban J connectivity index is 1.41. The number of likely N-dealkylation sites (N-methyl/N-ethyl adjacent to an activating group) is 1. The molecule has 0 atom stereocenters. The number of rotatable bonds is 8. The van der Waals surface area contributed by atoms with Gasteiger partial charge in [-0.05, 0) is 56.0 Å². The quantitative estimate of drug-likeness (QED) is 0.621. The van der Waals surface area contributed by atoms with Crippen molar-refractivity contribution in [1.29, 1.82) is 0 Å². The molecule has 172 valence electrons. The van der Waals surface area contributed by atoms with Crippen LogP contribution in [0.15, 0.2) is 47.4 Å². The Morgan fingerprint density at radius 1 is 1.00 bits per heavy atom. The number of thioether (sulfide) groups is 1. The number of benzene rings is 2. The minimum absolute atomic E-state index is 0.00518. The smallest absolute Gasteiger partial charge is 0.238 e. The summed E-state index contributed by atoms with van der Waals surface area (Å²) < 4.78 is 0. The van der Waals surface area contributed by atoms with Crippen molar-refractivity contribution in [3.63, 3.8) is 0 Å². The molecule has 32 heavy (non-hydrogen) atoms. The molecule has 2 amide bonds. The van der Waals surface area contributed by atoms with Crippen molar-refractivity contribution in [2.24, 2.45) is 0 Å². The summed E-state index contributed by atoms with van der Waals surface area (Å²) in [6.45, 7) is 8.25. The molecule has 2 aromatic carbocycles. The molecule has 0 spiro atoms. The van der Waals surface area contributed by atoms with E-state index >= 15 is 0 Å². The van der Waals surface area contributed by atoms with Gasteiger partial charge in [0.05, 0.1) is 13.1 Å². The lowest BCUT2D eigenvalue weighted by Crippen LogP contribution is -2.52. The first kappa shape index (κ1) is 24.3. The number of aryl methyl sites for hydroxylation is 2. The van der Waals surface area contributed by atoms with E-state index < -0.39 is 0 Å². The van der Waals surface area contributed by atoms with Gasteiger partial charge in [-0.25, -0.2) is 0 Å². The summed E-state index contributed by atoms with van der Waals surface area (Å²) in [5.74, 6) is 0.141. The third-order valence-corrected chi connectivity index (χ3v) is 6.60. The Labute approximate surface area is 196 Å². The maximum absolute atomic E-state index is 12.7. The number of carbonyl (C=O) groups is 2. The third kappa shape index (κ3) is 6.82. The average molecular weight is 455 g/mol. The Hall–Kier alpha value is -2.35. The van der Waals surface area contributed by atoms with Gasteiger partial charge in [0.25, 0.3) is 0 Å². The Bertz CT molecular complexity index is 904. The molecule has 1 saturated heterocycles. The Kier molecular flexibility index (Phi) is 8.73. The highest BCUT2D eigenvalue weighted by molar-refractivity contribution is 7.98. The largest absolute Gasteiger partial charge is 0.339 e. The predicted octanol–water partition coefficient (Wildman–Crippen LogP) is 3.24. The molecule has 1 N–H and O–H groups in total. The summed E-state index contributed by atoms with van der Waals surface area (Å²) in [5.41, 5.74) is 4.24. The van der Waals surface area contributed by atoms with Crippen LogP contribution in [0, 0.1) is 13.8 Å². The van der Waals surface area contributed by atoms with E-state index in [4.69, 9.17) is 0 Å². The second kappa shape index (κ2) is 11.5. The number of carbonyl (C=O) groups excluding carboxylic acids is 2. The van der Waals surface area contributed by atoms with Crippen LogP contribution in [0.2, 0.25) is 0 Å². The van der Waals surface area contributed by atoms with E-state index in [0.717, 1.165) is 23.4 Å². The van der Waals surface area contributed by atoms with Gasteiger partial charge in [-0.15, -0.1) is 11.8 Å². The van der Waals surface area contributed by atoms with Crippen LogP contribution in [0.4, 0.5) is 5.69 Å². The van der Waals surface area contributed by atoms with Gasteiger partial charge in [0.15, 0.2) is 0 Å². The summed E-state index contributed by atoms with van der Waals surface area (Å²) in [6, 6.07) is 14.5. The molecular weight excluding hydrogens is 420 g/mol. The maximum atomic E-state index is 12.7. The standard InChI is InChI=1S/C25H34N4O2S/c1-19-6-5-7-20(2)25(19)26-23(30)17-28-12-14-29(15-13-28)24(31)18-27(3)16-21-8-10-22(32-4)11-9-21/h5-11H,12-18H2,1-4H3,(H,26,30). The number of hydrogen-bond acceptors (Lipinski definition) is 5. The van der Waals surface area contributed by atoms with Gasteiger partial charge < -0.3 is 10.2 Å². The minimum atomic E-state index is -0.00518.